The Labute approximate surface area is 189 Å². The minimum absolute atomic E-state index is 0.0435. The van der Waals surface area contributed by atoms with E-state index >= 15 is 0 Å². The van der Waals surface area contributed by atoms with Crippen LogP contribution in [0.4, 0.5) is 5.69 Å². The quantitative estimate of drug-likeness (QED) is 0.504. The first-order chi connectivity index (χ1) is 14.9. The van der Waals surface area contributed by atoms with Crippen LogP contribution in [0.5, 0.6) is 0 Å². The lowest BCUT2D eigenvalue weighted by Gasteiger charge is -2.20. The van der Waals surface area contributed by atoms with Gasteiger partial charge in [-0.05, 0) is 31.0 Å². The van der Waals surface area contributed by atoms with E-state index in [-0.39, 0.29) is 17.7 Å². The summed E-state index contributed by atoms with van der Waals surface area (Å²) in [5.41, 5.74) is 4.28. The van der Waals surface area contributed by atoms with Crippen molar-refractivity contribution in [1.82, 2.24) is 14.8 Å². The van der Waals surface area contributed by atoms with Crippen LogP contribution in [-0.4, -0.2) is 40.5 Å². The number of aromatic nitrogens is 3. The Hall–Kier alpha value is -2.64. The third-order valence-corrected chi connectivity index (χ3v) is 6.30. The Morgan fingerprint density at radius 3 is 2.52 bits per heavy atom. The van der Waals surface area contributed by atoms with Crippen molar-refractivity contribution in [3.63, 3.8) is 0 Å². The molecule has 2 N–H and O–H groups in total. The van der Waals surface area contributed by atoms with Crippen molar-refractivity contribution in [2.75, 3.05) is 25.2 Å². The third kappa shape index (κ3) is 5.95. The van der Waals surface area contributed by atoms with Crippen LogP contribution < -0.4 is 10.2 Å². The van der Waals surface area contributed by atoms with Gasteiger partial charge in [0, 0.05) is 12.1 Å². The Balaban J connectivity index is 1.78. The Kier molecular flexibility index (Phi) is 7.87. The molecule has 0 radical (unpaired) electrons. The fourth-order valence-corrected chi connectivity index (χ4v) is 4.44. The molecule has 164 valence electrons. The molecule has 0 aliphatic rings. The third-order valence-electron chi connectivity index (χ3n) is 5.33. The van der Waals surface area contributed by atoms with E-state index in [9.17, 15) is 4.79 Å². The molecule has 0 aliphatic heterocycles. The first-order valence-corrected chi connectivity index (χ1v) is 11.6. The standard InChI is InChI=1S/C24H31N5OS/c1-6-21(28(4)5)23-26-27-24(29(23)15-19-10-8-7-9-11-19)31-16-22(30)25-20-13-12-17(2)14-18(20)3/h7-14,21H,6,15-16H2,1-5H3,(H,25,30)/p+1/t21-/m0/s1. The number of quaternary nitrogens is 1. The van der Waals surface area contributed by atoms with E-state index in [2.05, 4.69) is 59.3 Å². The van der Waals surface area contributed by atoms with Gasteiger partial charge in [-0.3, -0.25) is 9.36 Å². The number of carbonyl (C=O) groups excluding carboxylic acids is 1. The predicted octanol–water partition coefficient (Wildman–Crippen LogP) is 3.27. The van der Waals surface area contributed by atoms with Crippen molar-refractivity contribution in [2.24, 2.45) is 0 Å². The molecule has 7 heteroatoms. The minimum atomic E-state index is -0.0435. The number of carbonyl (C=O) groups is 1. The van der Waals surface area contributed by atoms with E-state index in [0.29, 0.717) is 6.54 Å². The molecule has 1 aromatic heterocycles. The van der Waals surface area contributed by atoms with Gasteiger partial charge in [0.2, 0.25) is 5.91 Å². The van der Waals surface area contributed by atoms with Crippen LogP contribution in [0.2, 0.25) is 0 Å². The summed E-state index contributed by atoms with van der Waals surface area (Å²) < 4.78 is 2.16. The van der Waals surface area contributed by atoms with Crippen LogP contribution in [0.15, 0.2) is 53.7 Å². The molecule has 0 saturated heterocycles. The summed E-state index contributed by atoms with van der Waals surface area (Å²) in [6.07, 6.45) is 0.965. The zero-order chi connectivity index (χ0) is 22.4. The van der Waals surface area contributed by atoms with E-state index in [1.807, 2.05) is 44.2 Å². The zero-order valence-electron chi connectivity index (χ0n) is 19.0. The maximum atomic E-state index is 12.6. The first-order valence-electron chi connectivity index (χ1n) is 10.7. The second-order valence-electron chi connectivity index (χ2n) is 8.11. The highest BCUT2D eigenvalue weighted by molar-refractivity contribution is 7.99. The molecule has 0 unspecified atom stereocenters. The van der Waals surface area contributed by atoms with Gasteiger partial charge in [-0.25, -0.2) is 0 Å². The van der Waals surface area contributed by atoms with Gasteiger partial charge in [0.05, 0.1) is 26.4 Å². The van der Waals surface area contributed by atoms with Crippen molar-refractivity contribution in [1.29, 1.82) is 0 Å². The molecule has 6 nitrogen and oxygen atoms in total. The van der Waals surface area contributed by atoms with Gasteiger partial charge in [0.1, 0.15) is 6.04 Å². The van der Waals surface area contributed by atoms with Gasteiger partial charge < -0.3 is 10.2 Å². The van der Waals surface area contributed by atoms with E-state index in [1.165, 1.54) is 27.8 Å². The first kappa shape index (κ1) is 23.0. The molecule has 0 saturated carbocycles. The van der Waals surface area contributed by atoms with Gasteiger partial charge in [-0.15, -0.1) is 10.2 Å². The second kappa shape index (κ2) is 10.6. The van der Waals surface area contributed by atoms with Crippen LogP contribution in [0.1, 0.15) is 41.9 Å². The highest BCUT2D eigenvalue weighted by Gasteiger charge is 2.25. The van der Waals surface area contributed by atoms with Gasteiger partial charge in [0.15, 0.2) is 11.0 Å². The normalized spacial score (nSPS) is 12.2. The van der Waals surface area contributed by atoms with E-state index in [1.54, 1.807) is 0 Å². The van der Waals surface area contributed by atoms with Crippen LogP contribution in [0, 0.1) is 13.8 Å². The molecule has 31 heavy (non-hydrogen) atoms. The lowest BCUT2D eigenvalue weighted by Crippen LogP contribution is -3.06. The number of nitrogens with one attached hydrogen (secondary N) is 2. The number of hydrogen-bond acceptors (Lipinski definition) is 4. The van der Waals surface area contributed by atoms with Crippen molar-refractivity contribution < 1.29 is 9.69 Å². The molecule has 0 spiro atoms. The predicted molar refractivity (Wildman–Crippen MR) is 127 cm³/mol. The highest BCUT2D eigenvalue weighted by Crippen LogP contribution is 2.23. The number of rotatable bonds is 9. The van der Waals surface area contributed by atoms with E-state index in [0.717, 1.165) is 28.7 Å². The highest BCUT2D eigenvalue weighted by atomic mass is 32.2. The SMILES string of the molecule is CC[C@@H](c1nnc(SCC(=O)Nc2ccc(C)cc2C)n1Cc1ccccc1)[NH+](C)C. The molecular formula is C24H32N5OS+. The summed E-state index contributed by atoms with van der Waals surface area (Å²) in [4.78, 5) is 13.9. The van der Waals surface area contributed by atoms with Gasteiger partial charge in [-0.2, -0.15) is 0 Å². The smallest absolute Gasteiger partial charge is 0.234 e. The number of aryl methyl sites for hydroxylation is 2. The van der Waals surface area contributed by atoms with Crippen LogP contribution in [0.25, 0.3) is 0 Å². The van der Waals surface area contributed by atoms with Gasteiger partial charge >= 0.3 is 0 Å². The number of anilines is 1. The maximum Gasteiger partial charge on any atom is 0.234 e. The fraction of sp³-hybridized carbons (Fsp3) is 0.375. The molecule has 0 aliphatic carbocycles. The summed E-state index contributed by atoms with van der Waals surface area (Å²) in [5, 5.41) is 12.8. The van der Waals surface area contributed by atoms with E-state index in [4.69, 9.17) is 0 Å². The molecule has 0 fully saturated rings. The van der Waals surface area contributed by atoms with Crippen molar-refractivity contribution >= 4 is 23.4 Å². The number of nitrogens with zero attached hydrogens (tertiary/aromatic N) is 3. The second-order valence-corrected chi connectivity index (χ2v) is 9.05. The lowest BCUT2D eigenvalue weighted by atomic mass is 10.1. The van der Waals surface area contributed by atoms with Crippen molar-refractivity contribution in [2.45, 2.75) is 44.9 Å². The average Bonchev–Trinajstić information content (AvgIpc) is 3.12. The molecule has 2 aromatic carbocycles. The summed E-state index contributed by atoms with van der Waals surface area (Å²) >= 11 is 1.43. The van der Waals surface area contributed by atoms with E-state index < -0.39 is 0 Å². The lowest BCUT2D eigenvalue weighted by molar-refractivity contribution is -0.893. The van der Waals surface area contributed by atoms with Gasteiger partial charge in [-0.1, -0.05) is 66.7 Å². The van der Waals surface area contributed by atoms with Crippen LogP contribution >= 0.6 is 11.8 Å². The Morgan fingerprint density at radius 2 is 1.87 bits per heavy atom. The maximum absolute atomic E-state index is 12.6. The summed E-state index contributed by atoms with van der Waals surface area (Å²) in [5.74, 6) is 1.20. The molecule has 0 bridgehead atoms. The average molecular weight is 439 g/mol. The molecule has 1 atom stereocenters. The zero-order valence-corrected chi connectivity index (χ0v) is 19.8. The largest absolute Gasteiger partial charge is 0.331 e. The molecule has 3 aromatic rings. The molecule has 1 amide bonds. The molecule has 1 heterocycles. The molecular weight excluding hydrogens is 406 g/mol. The van der Waals surface area contributed by atoms with Crippen LogP contribution in [0.3, 0.4) is 0 Å². The number of hydrogen-bond donors (Lipinski definition) is 2. The monoisotopic (exact) mass is 438 g/mol. The van der Waals surface area contributed by atoms with Crippen LogP contribution in [-0.2, 0) is 11.3 Å². The Morgan fingerprint density at radius 1 is 1.13 bits per heavy atom. The van der Waals surface area contributed by atoms with Gasteiger partial charge in [0.25, 0.3) is 0 Å². The number of amides is 1. The fourth-order valence-electron chi connectivity index (χ4n) is 3.70. The number of thioether (sulfide) groups is 1. The topological polar surface area (TPSA) is 64.2 Å². The summed E-state index contributed by atoms with van der Waals surface area (Å²) in [6, 6.07) is 16.6. The van der Waals surface area contributed by atoms with Crippen molar-refractivity contribution in [3.05, 3.63) is 71.0 Å². The Bertz CT molecular complexity index is 1020. The summed E-state index contributed by atoms with van der Waals surface area (Å²) in [6.45, 7) is 6.91. The molecule has 3 rings (SSSR count). The van der Waals surface area contributed by atoms with Crippen molar-refractivity contribution in [3.8, 4) is 0 Å². The number of benzene rings is 2. The summed E-state index contributed by atoms with van der Waals surface area (Å²) in [7, 11) is 4.28. The minimum Gasteiger partial charge on any atom is -0.331 e.